The summed E-state index contributed by atoms with van der Waals surface area (Å²) >= 11 is 1.87. The summed E-state index contributed by atoms with van der Waals surface area (Å²) in [7, 11) is 0. The second-order valence-corrected chi connectivity index (χ2v) is 6.15. The number of aliphatic imine (C=N–C) groups is 1. The average molecular weight is 262 g/mol. The van der Waals surface area contributed by atoms with Crippen LogP contribution in [0.4, 0.5) is 0 Å². The zero-order valence-electron chi connectivity index (χ0n) is 10.4. The fraction of sp³-hybridized carbons (Fsp3) is 0.615. The van der Waals surface area contributed by atoms with Gasteiger partial charge < -0.3 is 5.32 Å². The molecule has 1 N–H and O–H groups in total. The van der Waals surface area contributed by atoms with Gasteiger partial charge in [0.25, 0.3) is 0 Å². The standard InChI is InChI=1S/C13H18N4S/c1-2-6-13(5-1)9-15-12(18-10-13)14-8-11-4-3-7-16-17-11/h3-4,7H,1-2,5-6,8-10H2,(H,14,15). The maximum absolute atomic E-state index is 4.70. The van der Waals surface area contributed by atoms with Crippen molar-refractivity contribution in [1.29, 1.82) is 0 Å². The number of nitrogens with zero attached hydrogens (tertiary/aromatic N) is 3. The Labute approximate surface area is 112 Å². The minimum absolute atomic E-state index is 0.516. The van der Waals surface area contributed by atoms with Crippen molar-refractivity contribution in [2.75, 3.05) is 12.3 Å². The molecule has 18 heavy (non-hydrogen) atoms. The van der Waals surface area contributed by atoms with Crippen molar-refractivity contribution in [3.63, 3.8) is 0 Å². The number of thioether (sulfide) groups is 1. The van der Waals surface area contributed by atoms with Gasteiger partial charge in [-0.15, -0.1) is 0 Å². The Hall–Kier alpha value is -1.10. The van der Waals surface area contributed by atoms with Crippen molar-refractivity contribution in [3.05, 3.63) is 24.0 Å². The van der Waals surface area contributed by atoms with Crippen LogP contribution in [-0.4, -0.2) is 27.7 Å². The topological polar surface area (TPSA) is 50.2 Å². The first kappa shape index (κ1) is 12.0. The average Bonchev–Trinajstić information content (AvgIpc) is 2.88. The van der Waals surface area contributed by atoms with Crippen LogP contribution < -0.4 is 5.32 Å². The van der Waals surface area contributed by atoms with E-state index in [1.165, 1.54) is 31.4 Å². The lowest BCUT2D eigenvalue weighted by atomic mass is 9.89. The lowest BCUT2D eigenvalue weighted by Gasteiger charge is -2.31. The normalized spacial score (nSPS) is 21.9. The Morgan fingerprint density at radius 1 is 1.33 bits per heavy atom. The molecule has 1 fully saturated rings. The molecule has 0 amide bonds. The molecule has 1 saturated carbocycles. The van der Waals surface area contributed by atoms with Crippen molar-refractivity contribution >= 4 is 16.9 Å². The lowest BCUT2D eigenvalue weighted by molar-refractivity contribution is 0.358. The maximum atomic E-state index is 4.70. The molecular formula is C13H18N4S. The summed E-state index contributed by atoms with van der Waals surface area (Å²) in [5.74, 6) is 1.22. The monoisotopic (exact) mass is 262 g/mol. The van der Waals surface area contributed by atoms with Gasteiger partial charge in [-0.3, -0.25) is 4.99 Å². The summed E-state index contributed by atoms with van der Waals surface area (Å²) in [5, 5.41) is 12.3. The molecular weight excluding hydrogens is 244 g/mol. The first-order valence-electron chi connectivity index (χ1n) is 6.54. The third-order valence-corrected chi connectivity index (χ3v) is 5.09. The van der Waals surface area contributed by atoms with Crippen LogP contribution in [0.5, 0.6) is 0 Å². The molecule has 0 unspecified atom stereocenters. The van der Waals surface area contributed by atoms with Crippen molar-refractivity contribution in [3.8, 4) is 0 Å². The second-order valence-electron chi connectivity index (χ2n) is 5.19. The van der Waals surface area contributed by atoms with Crippen LogP contribution >= 0.6 is 11.8 Å². The van der Waals surface area contributed by atoms with Crippen LogP contribution in [0.2, 0.25) is 0 Å². The molecule has 2 aliphatic rings. The summed E-state index contributed by atoms with van der Waals surface area (Å²) in [5.41, 5.74) is 1.48. The number of amidine groups is 1. The van der Waals surface area contributed by atoms with Crippen molar-refractivity contribution in [1.82, 2.24) is 15.5 Å². The van der Waals surface area contributed by atoms with E-state index in [-0.39, 0.29) is 0 Å². The number of rotatable bonds is 2. The summed E-state index contributed by atoms with van der Waals surface area (Å²) in [6.45, 7) is 1.72. The van der Waals surface area contributed by atoms with E-state index in [1.54, 1.807) is 6.20 Å². The molecule has 5 heteroatoms. The van der Waals surface area contributed by atoms with E-state index in [4.69, 9.17) is 4.99 Å². The molecule has 1 spiro atoms. The molecule has 1 aliphatic heterocycles. The number of hydrogen-bond donors (Lipinski definition) is 1. The van der Waals surface area contributed by atoms with Gasteiger partial charge >= 0.3 is 0 Å². The smallest absolute Gasteiger partial charge is 0.156 e. The zero-order valence-corrected chi connectivity index (χ0v) is 11.2. The molecule has 0 saturated heterocycles. The highest BCUT2D eigenvalue weighted by Crippen LogP contribution is 2.43. The van der Waals surface area contributed by atoms with Gasteiger partial charge in [0.05, 0.1) is 12.2 Å². The summed E-state index contributed by atoms with van der Waals surface area (Å²) in [4.78, 5) is 4.70. The molecule has 1 aromatic heterocycles. The molecule has 1 aromatic rings. The molecule has 0 radical (unpaired) electrons. The van der Waals surface area contributed by atoms with Gasteiger partial charge in [0.15, 0.2) is 5.17 Å². The fourth-order valence-corrected chi connectivity index (χ4v) is 3.83. The van der Waals surface area contributed by atoms with Crippen LogP contribution in [0.25, 0.3) is 0 Å². The highest BCUT2D eigenvalue weighted by atomic mass is 32.2. The van der Waals surface area contributed by atoms with Crippen molar-refractivity contribution in [2.24, 2.45) is 10.4 Å². The molecule has 3 rings (SSSR count). The van der Waals surface area contributed by atoms with Crippen LogP contribution in [0.15, 0.2) is 23.3 Å². The molecule has 0 bridgehead atoms. The van der Waals surface area contributed by atoms with Gasteiger partial charge in [0.1, 0.15) is 0 Å². The predicted molar refractivity (Wildman–Crippen MR) is 74.5 cm³/mol. The maximum Gasteiger partial charge on any atom is 0.156 e. The molecule has 96 valence electrons. The van der Waals surface area contributed by atoms with E-state index in [2.05, 4.69) is 15.5 Å². The van der Waals surface area contributed by atoms with Crippen LogP contribution in [0, 0.1) is 5.41 Å². The number of aromatic nitrogens is 2. The van der Waals surface area contributed by atoms with Gasteiger partial charge in [-0.05, 0) is 30.4 Å². The highest BCUT2D eigenvalue weighted by Gasteiger charge is 2.36. The summed E-state index contributed by atoms with van der Waals surface area (Å²) in [6.07, 6.45) is 7.19. The van der Waals surface area contributed by atoms with Crippen LogP contribution in [0.3, 0.4) is 0 Å². The number of hydrogen-bond acceptors (Lipinski definition) is 5. The van der Waals surface area contributed by atoms with Crippen LogP contribution in [-0.2, 0) is 6.54 Å². The van der Waals surface area contributed by atoms with E-state index in [0.717, 1.165) is 17.4 Å². The fourth-order valence-electron chi connectivity index (χ4n) is 2.68. The third-order valence-electron chi connectivity index (χ3n) is 3.79. The Balaban J connectivity index is 1.54. The minimum atomic E-state index is 0.516. The third kappa shape index (κ3) is 2.66. The van der Waals surface area contributed by atoms with Gasteiger partial charge in [0.2, 0.25) is 0 Å². The quantitative estimate of drug-likeness (QED) is 0.888. The Bertz CT molecular complexity index is 426. The van der Waals surface area contributed by atoms with E-state index in [1.807, 2.05) is 23.9 Å². The van der Waals surface area contributed by atoms with Gasteiger partial charge in [-0.1, -0.05) is 24.6 Å². The molecule has 0 aromatic carbocycles. The Morgan fingerprint density at radius 3 is 2.89 bits per heavy atom. The summed E-state index contributed by atoms with van der Waals surface area (Å²) < 4.78 is 0. The highest BCUT2D eigenvalue weighted by molar-refractivity contribution is 8.13. The van der Waals surface area contributed by atoms with E-state index < -0.39 is 0 Å². The van der Waals surface area contributed by atoms with Gasteiger partial charge in [-0.2, -0.15) is 10.2 Å². The summed E-state index contributed by atoms with van der Waals surface area (Å²) in [6, 6.07) is 3.89. The van der Waals surface area contributed by atoms with Crippen LogP contribution in [0.1, 0.15) is 31.4 Å². The predicted octanol–water partition coefficient (Wildman–Crippen LogP) is 2.23. The van der Waals surface area contributed by atoms with E-state index in [9.17, 15) is 0 Å². The first-order valence-corrected chi connectivity index (χ1v) is 7.53. The largest absolute Gasteiger partial charge is 0.359 e. The first-order chi connectivity index (χ1) is 8.86. The molecule has 1 aliphatic carbocycles. The molecule has 4 nitrogen and oxygen atoms in total. The van der Waals surface area contributed by atoms with Crippen molar-refractivity contribution in [2.45, 2.75) is 32.2 Å². The van der Waals surface area contributed by atoms with Gasteiger partial charge in [0, 0.05) is 18.5 Å². The van der Waals surface area contributed by atoms with Crippen molar-refractivity contribution < 1.29 is 0 Å². The zero-order chi connectivity index (χ0) is 12.3. The lowest BCUT2D eigenvalue weighted by Crippen LogP contribution is -2.33. The molecule has 2 heterocycles. The molecule has 0 atom stereocenters. The SMILES string of the molecule is c1cnnc(CNC2=NCC3(CCCC3)CS2)c1. The van der Waals surface area contributed by atoms with E-state index >= 15 is 0 Å². The number of nitrogens with one attached hydrogen (secondary N) is 1. The van der Waals surface area contributed by atoms with Gasteiger partial charge in [-0.25, -0.2) is 0 Å². The Kier molecular flexibility index (Phi) is 3.50. The minimum Gasteiger partial charge on any atom is -0.359 e. The Morgan fingerprint density at radius 2 is 2.22 bits per heavy atom. The van der Waals surface area contributed by atoms with E-state index in [0.29, 0.717) is 12.0 Å². The second kappa shape index (κ2) is 5.26.